The number of benzene rings is 1. The van der Waals surface area contributed by atoms with E-state index in [2.05, 4.69) is 26.1 Å². The van der Waals surface area contributed by atoms with Gasteiger partial charge in [0.2, 0.25) is 5.91 Å². The van der Waals surface area contributed by atoms with E-state index in [-0.39, 0.29) is 5.91 Å². The van der Waals surface area contributed by atoms with Gasteiger partial charge in [0.05, 0.1) is 18.3 Å². The number of nitrogens with zero attached hydrogens (tertiary/aromatic N) is 1. The highest BCUT2D eigenvalue weighted by Crippen LogP contribution is 2.24. The van der Waals surface area contributed by atoms with Crippen molar-refractivity contribution in [1.82, 2.24) is 4.90 Å². The van der Waals surface area contributed by atoms with E-state index in [0.29, 0.717) is 18.3 Å². The number of nitrogens with two attached hydrogens (primary N) is 1. The molecule has 116 valence electrons. The molecule has 0 spiro atoms. The Morgan fingerprint density at radius 3 is 2.81 bits per heavy atom. The number of piperidine rings is 1. The lowest BCUT2D eigenvalue weighted by atomic mass is 10.1. The third-order valence-corrected chi connectivity index (χ3v) is 4.23. The monoisotopic (exact) mass is 355 g/mol. The number of carbonyl (C=O) groups is 1. The largest absolute Gasteiger partial charge is 0.399 e. The zero-order chi connectivity index (χ0) is 15.2. The molecule has 1 aromatic rings. The van der Waals surface area contributed by atoms with Crippen molar-refractivity contribution in [3.05, 3.63) is 22.7 Å². The van der Waals surface area contributed by atoms with Crippen LogP contribution in [0.2, 0.25) is 0 Å². The molecular formula is C15H22BrN3O2. The summed E-state index contributed by atoms with van der Waals surface area (Å²) in [6.07, 6.45) is 2.33. The maximum Gasteiger partial charge on any atom is 0.238 e. The van der Waals surface area contributed by atoms with Crippen molar-refractivity contribution in [3.63, 3.8) is 0 Å². The molecule has 2 rings (SSSR count). The molecular weight excluding hydrogens is 334 g/mol. The Hall–Kier alpha value is -1.11. The first kappa shape index (κ1) is 16.3. The standard InChI is InChI=1S/C15H22BrN3O2/c1-2-21-12-5-7-19(8-6-12)10-15(20)18-14-4-3-11(17)9-13(14)16/h3-4,9,12H,2,5-8,10,17H2,1H3,(H,18,20). The van der Waals surface area contributed by atoms with Gasteiger partial charge in [-0.2, -0.15) is 0 Å². The van der Waals surface area contributed by atoms with E-state index >= 15 is 0 Å². The minimum atomic E-state index is -0.00432. The van der Waals surface area contributed by atoms with Crippen molar-refractivity contribution >= 4 is 33.2 Å². The predicted octanol–water partition coefficient (Wildman–Crippen LogP) is 2.47. The van der Waals surface area contributed by atoms with Crippen molar-refractivity contribution in [3.8, 4) is 0 Å². The molecule has 0 atom stereocenters. The van der Waals surface area contributed by atoms with E-state index in [1.165, 1.54) is 0 Å². The average molecular weight is 356 g/mol. The predicted molar refractivity (Wildman–Crippen MR) is 88.3 cm³/mol. The third-order valence-electron chi connectivity index (χ3n) is 3.57. The summed E-state index contributed by atoms with van der Waals surface area (Å²) in [4.78, 5) is 14.3. The summed E-state index contributed by atoms with van der Waals surface area (Å²) in [6.45, 7) is 5.00. The lowest BCUT2D eigenvalue weighted by Gasteiger charge is -2.31. The summed E-state index contributed by atoms with van der Waals surface area (Å²) < 4.78 is 6.41. The normalized spacial score (nSPS) is 16.9. The van der Waals surface area contributed by atoms with Gasteiger partial charge in [-0.25, -0.2) is 0 Å². The Balaban J connectivity index is 1.80. The first-order valence-corrected chi connectivity index (χ1v) is 8.06. The van der Waals surface area contributed by atoms with E-state index in [4.69, 9.17) is 10.5 Å². The van der Waals surface area contributed by atoms with Gasteiger partial charge in [0.1, 0.15) is 0 Å². The number of hydrogen-bond acceptors (Lipinski definition) is 4. The maximum atomic E-state index is 12.1. The second-order valence-electron chi connectivity index (χ2n) is 5.22. The molecule has 1 heterocycles. The topological polar surface area (TPSA) is 67.6 Å². The lowest BCUT2D eigenvalue weighted by molar-refractivity contribution is -0.118. The number of nitrogen functional groups attached to an aromatic ring is 1. The van der Waals surface area contributed by atoms with Crippen molar-refractivity contribution in [2.75, 3.05) is 37.3 Å². The molecule has 1 fully saturated rings. The van der Waals surface area contributed by atoms with E-state index in [0.717, 1.165) is 42.7 Å². The molecule has 6 heteroatoms. The quantitative estimate of drug-likeness (QED) is 0.796. The molecule has 1 amide bonds. The van der Waals surface area contributed by atoms with Crippen LogP contribution in [0.1, 0.15) is 19.8 Å². The third kappa shape index (κ3) is 4.98. The minimum Gasteiger partial charge on any atom is -0.399 e. The van der Waals surface area contributed by atoms with Crippen LogP contribution in [0, 0.1) is 0 Å². The van der Waals surface area contributed by atoms with Gasteiger partial charge in [0, 0.05) is 29.9 Å². The molecule has 0 unspecified atom stereocenters. The first-order valence-electron chi connectivity index (χ1n) is 7.27. The van der Waals surface area contributed by atoms with Gasteiger partial charge in [-0.3, -0.25) is 9.69 Å². The number of amides is 1. The van der Waals surface area contributed by atoms with Crippen LogP contribution in [0.5, 0.6) is 0 Å². The van der Waals surface area contributed by atoms with Gasteiger partial charge in [0.25, 0.3) is 0 Å². The van der Waals surface area contributed by atoms with E-state index < -0.39 is 0 Å². The van der Waals surface area contributed by atoms with Crippen LogP contribution in [0.4, 0.5) is 11.4 Å². The first-order chi connectivity index (χ1) is 10.1. The van der Waals surface area contributed by atoms with E-state index in [9.17, 15) is 4.79 Å². The van der Waals surface area contributed by atoms with Crippen LogP contribution in [-0.2, 0) is 9.53 Å². The number of likely N-dealkylation sites (tertiary alicyclic amines) is 1. The van der Waals surface area contributed by atoms with E-state index in [1.54, 1.807) is 18.2 Å². The van der Waals surface area contributed by atoms with Gasteiger partial charge >= 0.3 is 0 Å². The summed E-state index contributed by atoms with van der Waals surface area (Å²) in [5.74, 6) is -0.00432. The van der Waals surface area contributed by atoms with Crippen molar-refractivity contribution < 1.29 is 9.53 Å². The molecule has 0 aromatic heterocycles. The fraction of sp³-hybridized carbons (Fsp3) is 0.533. The Morgan fingerprint density at radius 1 is 1.48 bits per heavy atom. The van der Waals surface area contributed by atoms with Crippen molar-refractivity contribution in [1.29, 1.82) is 0 Å². The SMILES string of the molecule is CCOC1CCN(CC(=O)Nc2ccc(N)cc2Br)CC1. The van der Waals surface area contributed by atoms with Gasteiger partial charge in [-0.05, 0) is 53.9 Å². The van der Waals surface area contributed by atoms with Crippen LogP contribution in [0.3, 0.4) is 0 Å². The minimum absolute atomic E-state index is 0.00432. The zero-order valence-corrected chi connectivity index (χ0v) is 13.9. The maximum absolute atomic E-state index is 12.1. The highest BCUT2D eigenvalue weighted by atomic mass is 79.9. The molecule has 1 saturated heterocycles. The Labute approximate surface area is 134 Å². The summed E-state index contributed by atoms with van der Waals surface area (Å²) in [5, 5.41) is 2.91. The second kappa shape index (κ2) is 7.77. The van der Waals surface area contributed by atoms with Crippen LogP contribution in [0.15, 0.2) is 22.7 Å². The summed E-state index contributed by atoms with van der Waals surface area (Å²) in [5.41, 5.74) is 7.10. The number of anilines is 2. The molecule has 5 nitrogen and oxygen atoms in total. The number of ether oxygens (including phenoxy) is 1. The van der Waals surface area contributed by atoms with Gasteiger partial charge < -0.3 is 15.8 Å². The van der Waals surface area contributed by atoms with E-state index in [1.807, 2.05) is 6.92 Å². The number of nitrogens with one attached hydrogen (secondary N) is 1. The molecule has 0 saturated carbocycles. The number of halogens is 1. The summed E-state index contributed by atoms with van der Waals surface area (Å²) >= 11 is 3.40. The van der Waals surface area contributed by atoms with Crippen LogP contribution in [0.25, 0.3) is 0 Å². The molecule has 0 aliphatic carbocycles. The second-order valence-corrected chi connectivity index (χ2v) is 6.07. The van der Waals surface area contributed by atoms with Gasteiger partial charge in [0.15, 0.2) is 0 Å². The molecule has 1 aromatic carbocycles. The highest BCUT2D eigenvalue weighted by Gasteiger charge is 2.21. The Bertz CT molecular complexity index is 488. The molecule has 3 N–H and O–H groups in total. The molecule has 21 heavy (non-hydrogen) atoms. The van der Waals surface area contributed by atoms with Gasteiger partial charge in [-0.15, -0.1) is 0 Å². The summed E-state index contributed by atoms with van der Waals surface area (Å²) in [6, 6.07) is 5.36. The van der Waals surface area contributed by atoms with Crippen LogP contribution >= 0.6 is 15.9 Å². The molecule has 1 aliphatic rings. The van der Waals surface area contributed by atoms with Gasteiger partial charge in [-0.1, -0.05) is 0 Å². The zero-order valence-electron chi connectivity index (χ0n) is 12.3. The molecule has 0 bridgehead atoms. The smallest absolute Gasteiger partial charge is 0.238 e. The van der Waals surface area contributed by atoms with Crippen molar-refractivity contribution in [2.24, 2.45) is 0 Å². The fourth-order valence-electron chi connectivity index (χ4n) is 2.50. The van der Waals surface area contributed by atoms with Crippen LogP contribution < -0.4 is 11.1 Å². The number of hydrogen-bond donors (Lipinski definition) is 2. The lowest BCUT2D eigenvalue weighted by Crippen LogP contribution is -2.41. The Morgan fingerprint density at radius 2 is 2.19 bits per heavy atom. The molecule has 1 aliphatic heterocycles. The summed E-state index contributed by atoms with van der Waals surface area (Å²) in [7, 11) is 0. The number of carbonyl (C=O) groups excluding carboxylic acids is 1. The Kier molecular flexibility index (Phi) is 6.02. The average Bonchev–Trinajstić information content (AvgIpc) is 2.44. The fourth-order valence-corrected chi connectivity index (χ4v) is 2.99. The molecule has 0 radical (unpaired) electrons. The van der Waals surface area contributed by atoms with Crippen molar-refractivity contribution in [2.45, 2.75) is 25.9 Å². The van der Waals surface area contributed by atoms with Crippen LogP contribution in [-0.4, -0.2) is 43.2 Å². The highest BCUT2D eigenvalue weighted by molar-refractivity contribution is 9.10. The number of rotatable bonds is 5.